The molecule has 0 N–H and O–H groups in total. The first-order valence-electron chi connectivity index (χ1n) is 11.6. The van der Waals surface area contributed by atoms with Gasteiger partial charge in [0.05, 0.1) is 4.90 Å². The maximum atomic E-state index is 12.9. The number of sulfonamides is 1. The molecule has 0 saturated carbocycles. The summed E-state index contributed by atoms with van der Waals surface area (Å²) in [6, 6.07) is 23.6. The van der Waals surface area contributed by atoms with Crippen LogP contribution in [0.5, 0.6) is 5.75 Å². The van der Waals surface area contributed by atoms with Crippen molar-refractivity contribution >= 4 is 21.9 Å². The average Bonchev–Trinajstić information content (AvgIpc) is 3.18. The number of carbonyl (C=O) groups excluding carboxylic acids is 1. The Morgan fingerprint density at radius 2 is 1.47 bits per heavy atom. The predicted molar refractivity (Wildman–Crippen MR) is 134 cm³/mol. The maximum absolute atomic E-state index is 12.9. The first kappa shape index (κ1) is 23.9. The third-order valence-corrected chi connectivity index (χ3v) is 7.82. The third-order valence-electron chi connectivity index (χ3n) is 5.91. The van der Waals surface area contributed by atoms with Gasteiger partial charge in [0.25, 0.3) is 0 Å². The van der Waals surface area contributed by atoms with Gasteiger partial charge < -0.3 is 4.74 Å². The molecular weight excluding hydrogens is 446 g/mol. The molecule has 1 heterocycles. The van der Waals surface area contributed by atoms with Crippen LogP contribution in [-0.2, 0) is 16.6 Å². The minimum atomic E-state index is -3.53. The Labute approximate surface area is 201 Å². The van der Waals surface area contributed by atoms with Crippen molar-refractivity contribution in [3.05, 3.63) is 102 Å². The third kappa shape index (κ3) is 6.01. The molecule has 4 rings (SSSR count). The molecule has 1 aliphatic rings. The summed E-state index contributed by atoms with van der Waals surface area (Å²) in [6.07, 6.45) is 7.11. The number of carbonyl (C=O) groups is 1. The maximum Gasteiger partial charge on any atom is 0.243 e. The van der Waals surface area contributed by atoms with Gasteiger partial charge in [0.2, 0.25) is 10.0 Å². The van der Waals surface area contributed by atoms with E-state index in [2.05, 4.69) is 0 Å². The molecule has 0 bridgehead atoms. The minimum Gasteiger partial charge on any atom is -0.488 e. The fourth-order valence-electron chi connectivity index (χ4n) is 3.97. The number of ketones is 1. The lowest BCUT2D eigenvalue weighted by Crippen LogP contribution is -2.31. The Balaban J connectivity index is 1.43. The summed E-state index contributed by atoms with van der Waals surface area (Å²) in [5, 5.41) is 0. The summed E-state index contributed by atoms with van der Waals surface area (Å²) >= 11 is 0. The number of allylic oxidation sites excluding steroid dienone is 1. The van der Waals surface area contributed by atoms with Crippen LogP contribution in [0.25, 0.3) is 6.08 Å². The molecule has 1 aliphatic heterocycles. The molecule has 0 aliphatic carbocycles. The molecule has 3 aromatic carbocycles. The highest BCUT2D eigenvalue weighted by Gasteiger charge is 2.25. The van der Waals surface area contributed by atoms with Crippen molar-refractivity contribution in [1.82, 2.24) is 4.31 Å². The highest BCUT2D eigenvalue weighted by atomic mass is 32.2. The summed E-state index contributed by atoms with van der Waals surface area (Å²) in [7, 11) is -3.53. The van der Waals surface area contributed by atoms with Crippen LogP contribution >= 0.6 is 0 Å². The monoisotopic (exact) mass is 475 g/mol. The molecule has 0 amide bonds. The molecule has 3 aromatic rings. The predicted octanol–water partition coefficient (Wildman–Crippen LogP) is 5.73. The summed E-state index contributed by atoms with van der Waals surface area (Å²) < 4.78 is 33.4. The average molecular weight is 476 g/mol. The fourth-order valence-corrected chi connectivity index (χ4v) is 5.49. The van der Waals surface area contributed by atoms with E-state index in [9.17, 15) is 13.2 Å². The van der Waals surface area contributed by atoms with Crippen molar-refractivity contribution < 1.29 is 17.9 Å². The standard InChI is InChI=1S/C28H29NO4S/c30-27(19-16-25-12-6-7-13-28(25)33-22-23-10-4-3-5-11-23)24-14-17-26(18-15-24)34(31,32)29-20-8-1-2-9-21-29/h3-7,10-19H,1-2,8-9,20-22H2. The number of hydrogen-bond acceptors (Lipinski definition) is 4. The minimum absolute atomic E-state index is 0.198. The van der Waals surface area contributed by atoms with Gasteiger partial charge in [-0.2, -0.15) is 4.31 Å². The lowest BCUT2D eigenvalue weighted by Gasteiger charge is -2.19. The first-order valence-corrected chi connectivity index (χ1v) is 13.1. The van der Waals surface area contributed by atoms with E-state index in [-0.39, 0.29) is 10.7 Å². The Hall–Kier alpha value is -3.22. The molecule has 0 atom stereocenters. The molecule has 5 nitrogen and oxygen atoms in total. The van der Waals surface area contributed by atoms with Gasteiger partial charge >= 0.3 is 0 Å². The van der Waals surface area contributed by atoms with Crippen LogP contribution in [0.1, 0.15) is 47.2 Å². The van der Waals surface area contributed by atoms with Gasteiger partial charge in [0.15, 0.2) is 5.78 Å². The van der Waals surface area contributed by atoms with Crippen LogP contribution in [-0.4, -0.2) is 31.6 Å². The number of benzene rings is 3. The SMILES string of the molecule is O=C(C=Cc1ccccc1OCc1ccccc1)c1ccc(S(=O)(=O)N2CCCCCC2)cc1. The second kappa shape index (κ2) is 11.3. The summed E-state index contributed by atoms with van der Waals surface area (Å²) in [4.78, 5) is 13.0. The van der Waals surface area contributed by atoms with E-state index in [0.29, 0.717) is 31.0 Å². The van der Waals surface area contributed by atoms with Crippen molar-refractivity contribution in [3.8, 4) is 5.75 Å². The quantitative estimate of drug-likeness (QED) is 0.308. The van der Waals surface area contributed by atoms with Crippen LogP contribution in [0.4, 0.5) is 0 Å². The smallest absolute Gasteiger partial charge is 0.243 e. The number of nitrogens with zero attached hydrogens (tertiary/aromatic N) is 1. The number of rotatable bonds is 8. The van der Waals surface area contributed by atoms with Crippen LogP contribution in [0, 0.1) is 0 Å². The van der Waals surface area contributed by atoms with E-state index in [0.717, 1.165) is 36.8 Å². The molecule has 1 saturated heterocycles. The summed E-state index contributed by atoms with van der Waals surface area (Å²) in [6.45, 7) is 1.54. The Morgan fingerprint density at radius 3 is 2.18 bits per heavy atom. The van der Waals surface area contributed by atoms with Gasteiger partial charge in [-0.1, -0.05) is 61.4 Å². The molecule has 1 fully saturated rings. The van der Waals surface area contributed by atoms with Crippen molar-refractivity contribution in [2.75, 3.05) is 13.1 Å². The normalized spacial score (nSPS) is 15.2. The van der Waals surface area contributed by atoms with Crippen LogP contribution in [0.15, 0.2) is 89.8 Å². The lowest BCUT2D eigenvalue weighted by molar-refractivity contribution is 0.104. The molecule has 0 spiro atoms. The van der Waals surface area contributed by atoms with Crippen LogP contribution in [0.2, 0.25) is 0 Å². The van der Waals surface area contributed by atoms with E-state index in [1.54, 1.807) is 22.5 Å². The fraction of sp³-hybridized carbons (Fsp3) is 0.250. The second-order valence-electron chi connectivity index (χ2n) is 8.35. The van der Waals surface area contributed by atoms with Crippen molar-refractivity contribution in [3.63, 3.8) is 0 Å². The van der Waals surface area contributed by atoms with Gasteiger partial charge in [-0.05, 0) is 60.9 Å². The zero-order chi connectivity index (χ0) is 23.8. The molecule has 0 aromatic heterocycles. The van der Waals surface area contributed by atoms with Gasteiger partial charge in [0, 0.05) is 24.2 Å². The highest BCUT2D eigenvalue weighted by molar-refractivity contribution is 7.89. The number of hydrogen-bond donors (Lipinski definition) is 0. The topological polar surface area (TPSA) is 63.7 Å². The van der Waals surface area contributed by atoms with Crippen LogP contribution in [0.3, 0.4) is 0 Å². The molecule has 0 unspecified atom stereocenters. The molecule has 6 heteroatoms. The zero-order valence-electron chi connectivity index (χ0n) is 19.1. The van der Waals surface area contributed by atoms with E-state index in [4.69, 9.17) is 4.74 Å². The number of para-hydroxylation sites is 1. The van der Waals surface area contributed by atoms with E-state index < -0.39 is 10.0 Å². The lowest BCUT2D eigenvalue weighted by atomic mass is 10.1. The number of ether oxygens (including phenoxy) is 1. The Morgan fingerprint density at radius 1 is 0.824 bits per heavy atom. The Kier molecular flexibility index (Phi) is 7.93. The van der Waals surface area contributed by atoms with Crippen molar-refractivity contribution in [2.45, 2.75) is 37.2 Å². The van der Waals surface area contributed by atoms with Gasteiger partial charge in [-0.15, -0.1) is 0 Å². The van der Waals surface area contributed by atoms with Gasteiger partial charge in [-0.25, -0.2) is 8.42 Å². The molecule has 0 radical (unpaired) electrons. The van der Waals surface area contributed by atoms with E-state index >= 15 is 0 Å². The summed E-state index contributed by atoms with van der Waals surface area (Å²) in [5.41, 5.74) is 2.30. The van der Waals surface area contributed by atoms with Crippen molar-refractivity contribution in [2.24, 2.45) is 0 Å². The van der Waals surface area contributed by atoms with Crippen LogP contribution < -0.4 is 4.74 Å². The van der Waals surface area contributed by atoms with Gasteiger partial charge in [0.1, 0.15) is 12.4 Å². The molecule has 34 heavy (non-hydrogen) atoms. The van der Waals surface area contributed by atoms with E-state index in [1.165, 1.54) is 18.2 Å². The summed E-state index contributed by atoms with van der Waals surface area (Å²) in [5.74, 6) is 0.492. The van der Waals surface area contributed by atoms with Gasteiger partial charge in [-0.3, -0.25) is 4.79 Å². The Bertz CT molecular complexity index is 1230. The largest absolute Gasteiger partial charge is 0.488 e. The van der Waals surface area contributed by atoms with E-state index in [1.807, 2.05) is 54.6 Å². The highest BCUT2D eigenvalue weighted by Crippen LogP contribution is 2.23. The van der Waals surface area contributed by atoms with Crippen molar-refractivity contribution in [1.29, 1.82) is 0 Å². The second-order valence-corrected chi connectivity index (χ2v) is 10.3. The zero-order valence-corrected chi connectivity index (χ0v) is 19.9. The molecular formula is C28H29NO4S. The first-order chi connectivity index (χ1) is 16.5. The molecule has 176 valence electrons.